The van der Waals surface area contributed by atoms with E-state index in [0.717, 1.165) is 0 Å². The SMILES string of the molecule is C=PCC.O.O. The molecule has 0 aliphatic heterocycles. The Kier molecular flexibility index (Phi) is 53.7. The standard InChI is InChI=1S/C3H7P.2H2O/c1-3-4-2;;/h2-3H2,1H3;2*1H2. The van der Waals surface area contributed by atoms with Crippen molar-refractivity contribution in [2.24, 2.45) is 0 Å². The summed E-state index contributed by atoms with van der Waals surface area (Å²) in [4.78, 5) is 0. The van der Waals surface area contributed by atoms with Crippen LogP contribution in [0.4, 0.5) is 0 Å². The second-order valence-electron chi connectivity index (χ2n) is 0.540. The van der Waals surface area contributed by atoms with Crippen molar-refractivity contribution in [2.75, 3.05) is 6.16 Å². The lowest BCUT2D eigenvalue weighted by molar-refractivity contribution is 0.823. The Hall–Kier alpha value is 0.0900. The summed E-state index contributed by atoms with van der Waals surface area (Å²) in [6.07, 6.45) is 4.76. The maximum Gasteiger partial charge on any atom is -0.0140 e. The molecule has 0 aromatic carbocycles. The van der Waals surface area contributed by atoms with Gasteiger partial charge >= 0.3 is 0 Å². The van der Waals surface area contributed by atoms with Gasteiger partial charge in [0.2, 0.25) is 0 Å². The lowest BCUT2D eigenvalue weighted by Crippen LogP contribution is -1.40. The van der Waals surface area contributed by atoms with E-state index in [0.29, 0.717) is 0 Å². The molecule has 0 atom stereocenters. The minimum absolute atomic E-state index is 0. The van der Waals surface area contributed by atoms with Gasteiger partial charge in [-0.15, -0.1) is 8.20 Å². The van der Waals surface area contributed by atoms with Gasteiger partial charge in [-0.05, 0) is 6.16 Å². The monoisotopic (exact) mass is 110 g/mol. The molecule has 0 aliphatic rings. The molecule has 0 unspecified atom stereocenters. The van der Waals surface area contributed by atoms with Crippen LogP contribution in [0, 0.1) is 0 Å². The quantitative estimate of drug-likeness (QED) is 0.417. The zero-order valence-electron chi connectivity index (χ0n) is 3.86. The Morgan fingerprint density at radius 3 is 1.67 bits per heavy atom. The molecule has 0 aliphatic carbocycles. The lowest BCUT2D eigenvalue weighted by Gasteiger charge is -1.57. The highest BCUT2D eigenvalue weighted by Crippen LogP contribution is 1.81. The largest absolute Gasteiger partial charge is 0.412 e. The minimum Gasteiger partial charge on any atom is -0.412 e. The van der Waals surface area contributed by atoms with Crippen LogP contribution in [0.15, 0.2) is 0 Å². The molecule has 3 heteroatoms. The van der Waals surface area contributed by atoms with Crippen molar-refractivity contribution in [1.29, 1.82) is 0 Å². The van der Waals surface area contributed by atoms with Crippen molar-refractivity contribution >= 4 is 14.5 Å². The molecule has 0 saturated carbocycles. The molecule has 2 nitrogen and oxygen atoms in total. The van der Waals surface area contributed by atoms with Crippen LogP contribution in [0.25, 0.3) is 0 Å². The Labute approximate surface area is 39.6 Å². The van der Waals surface area contributed by atoms with Gasteiger partial charge in [0, 0.05) is 0 Å². The van der Waals surface area contributed by atoms with E-state index in [2.05, 4.69) is 13.2 Å². The molecule has 0 heterocycles. The Morgan fingerprint density at radius 2 is 1.67 bits per heavy atom. The van der Waals surface area contributed by atoms with Gasteiger partial charge in [-0.25, -0.2) is 0 Å². The highest BCUT2D eigenvalue weighted by Gasteiger charge is 1.46. The summed E-state index contributed by atoms with van der Waals surface area (Å²) in [5.41, 5.74) is 0. The first-order valence-electron chi connectivity index (χ1n) is 1.34. The number of rotatable bonds is 1. The summed E-state index contributed by atoms with van der Waals surface area (Å²) in [5, 5.41) is 0. The third-order valence-corrected chi connectivity index (χ3v) is 0.671. The van der Waals surface area contributed by atoms with Gasteiger partial charge in [0.1, 0.15) is 0 Å². The van der Waals surface area contributed by atoms with E-state index in [-0.39, 0.29) is 11.0 Å². The predicted molar refractivity (Wildman–Crippen MR) is 31.8 cm³/mol. The molecular weight excluding hydrogens is 99.0 g/mol. The summed E-state index contributed by atoms with van der Waals surface area (Å²) in [6.45, 7) is 2.11. The van der Waals surface area contributed by atoms with E-state index in [1.165, 1.54) is 14.4 Å². The summed E-state index contributed by atoms with van der Waals surface area (Å²) in [6, 6.07) is 0. The van der Waals surface area contributed by atoms with Crippen molar-refractivity contribution in [1.82, 2.24) is 0 Å². The van der Waals surface area contributed by atoms with Gasteiger partial charge in [-0.3, -0.25) is 0 Å². The van der Waals surface area contributed by atoms with Crippen molar-refractivity contribution in [3.05, 3.63) is 0 Å². The lowest BCUT2D eigenvalue weighted by atomic mass is 11.0. The highest BCUT2D eigenvalue weighted by molar-refractivity contribution is 7.36. The fraction of sp³-hybridized carbons (Fsp3) is 0.667. The predicted octanol–water partition coefficient (Wildman–Crippen LogP) is -0.265. The van der Waals surface area contributed by atoms with Gasteiger partial charge in [0.25, 0.3) is 0 Å². The molecular formula is C3H11O2P. The fourth-order valence-corrected chi connectivity index (χ4v) is 0. The van der Waals surface area contributed by atoms with Crippen LogP contribution in [0.1, 0.15) is 6.92 Å². The Bertz CT molecular complexity index is 22.8. The first-order valence-corrected chi connectivity index (χ1v) is 2.60. The molecule has 6 heavy (non-hydrogen) atoms. The molecule has 4 N–H and O–H groups in total. The molecule has 0 aromatic heterocycles. The van der Waals surface area contributed by atoms with E-state index in [1.807, 2.05) is 0 Å². The average molecular weight is 110 g/mol. The zero-order chi connectivity index (χ0) is 3.41. The smallest absolute Gasteiger partial charge is 0.0140 e. The van der Waals surface area contributed by atoms with Crippen LogP contribution >= 0.6 is 8.20 Å². The molecule has 0 amide bonds. The normalized spacial score (nSPS) is 5.50. The van der Waals surface area contributed by atoms with Crippen LogP contribution in [-0.4, -0.2) is 23.4 Å². The second-order valence-corrected chi connectivity index (χ2v) is 1.62. The second kappa shape index (κ2) is 19.5. The third kappa shape index (κ3) is 32.9. The number of hydrogen-bond acceptors (Lipinski definition) is 0. The van der Waals surface area contributed by atoms with E-state index in [4.69, 9.17) is 0 Å². The van der Waals surface area contributed by atoms with Crippen LogP contribution in [0.2, 0.25) is 0 Å². The van der Waals surface area contributed by atoms with Crippen LogP contribution in [0.3, 0.4) is 0 Å². The first kappa shape index (κ1) is 16.5. The summed E-state index contributed by atoms with van der Waals surface area (Å²) >= 11 is 0. The molecule has 0 radical (unpaired) electrons. The minimum atomic E-state index is 0. The van der Waals surface area contributed by atoms with Crippen LogP contribution < -0.4 is 0 Å². The van der Waals surface area contributed by atoms with Gasteiger partial charge in [-0.1, -0.05) is 13.2 Å². The summed E-state index contributed by atoms with van der Waals surface area (Å²) < 4.78 is 0. The van der Waals surface area contributed by atoms with E-state index in [9.17, 15) is 0 Å². The fourth-order valence-electron chi connectivity index (χ4n) is 0. The van der Waals surface area contributed by atoms with Crippen molar-refractivity contribution in [3.8, 4) is 0 Å². The van der Waals surface area contributed by atoms with Crippen LogP contribution in [0.5, 0.6) is 0 Å². The highest BCUT2D eigenvalue weighted by atomic mass is 31.1. The van der Waals surface area contributed by atoms with Gasteiger partial charge in [-0.2, -0.15) is 0 Å². The van der Waals surface area contributed by atoms with Gasteiger partial charge in [0.05, 0.1) is 0 Å². The van der Waals surface area contributed by atoms with Crippen molar-refractivity contribution in [2.45, 2.75) is 6.92 Å². The Morgan fingerprint density at radius 1 is 1.50 bits per heavy atom. The molecule has 0 aromatic rings. The van der Waals surface area contributed by atoms with E-state index < -0.39 is 0 Å². The molecule has 0 spiro atoms. The van der Waals surface area contributed by atoms with E-state index >= 15 is 0 Å². The topological polar surface area (TPSA) is 63.0 Å². The van der Waals surface area contributed by atoms with Crippen molar-refractivity contribution < 1.29 is 11.0 Å². The van der Waals surface area contributed by atoms with Crippen molar-refractivity contribution in [3.63, 3.8) is 0 Å². The van der Waals surface area contributed by atoms with E-state index in [1.54, 1.807) is 0 Å². The first-order chi connectivity index (χ1) is 1.91. The average Bonchev–Trinajstić information content (AvgIpc) is 1.37. The number of hydrogen-bond donors (Lipinski definition) is 0. The molecule has 0 fully saturated rings. The Balaban J connectivity index is -0.0000000450. The maximum atomic E-state index is 3.58. The third-order valence-electron chi connectivity index (χ3n) is 0.224. The molecule has 0 saturated heterocycles. The van der Waals surface area contributed by atoms with Crippen LogP contribution in [-0.2, 0) is 0 Å². The molecule has 0 bridgehead atoms. The van der Waals surface area contributed by atoms with Gasteiger partial charge in [0.15, 0.2) is 0 Å². The molecule has 0 rings (SSSR count). The molecule has 40 valence electrons. The summed E-state index contributed by atoms with van der Waals surface area (Å²) in [5.74, 6) is 0. The van der Waals surface area contributed by atoms with Gasteiger partial charge < -0.3 is 11.0 Å². The maximum absolute atomic E-state index is 3.58. The zero-order valence-corrected chi connectivity index (χ0v) is 4.76. The summed E-state index contributed by atoms with van der Waals surface area (Å²) in [7, 11) is 1.25.